The molecule has 4 aliphatic rings. The molecular weight excluding hydrogens is 482 g/mol. The van der Waals surface area contributed by atoms with Crippen molar-refractivity contribution in [3.8, 4) is 11.5 Å². The molecule has 4 unspecified atom stereocenters. The number of nitrogens with zero attached hydrogens (tertiary/aromatic N) is 1. The van der Waals surface area contributed by atoms with Gasteiger partial charge >= 0.3 is 0 Å². The third-order valence-electron chi connectivity index (χ3n) is 8.44. The van der Waals surface area contributed by atoms with E-state index in [1.54, 1.807) is 55.5 Å². The maximum absolute atomic E-state index is 13.8. The summed E-state index contributed by atoms with van der Waals surface area (Å²) in [7, 11) is 0. The first-order valence-corrected chi connectivity index (χ1v) is 12.9. The number of allylic oxidation sites excluding steroid dienone is 6. The molecule has 1 aliphatic heterocycles. The number of phenols is 2. The maximum atomic E-state index is 13.8. The second-order valence-electron chi connectivity index (χ2n) is 10.6. The molecule has 0 radical (unpaired) electrons. The Balaban J connectivity index is 1.37. The molecule has 2 N–H and O–H groups in total. The first-order chi connectivity index (χ1) is 18.2. The Morgan fingerprint density at radius 3 is 2.21 bits per heavy atom. The van der Waals surface area contributed by atoms with Gasteiger partial charge in [0.1, 0.15) is 11.5 Å². The number of rotatable bonds is 4. The number of amides is 2. The van der Waals surface area contributed by atoms with Gasteiger partial charge in [-0.2, -0.15) is 0 Å². The van der Waals surface area contributed by atoms with Crippen LogP contribution in [0.25, 0.3) is 0 Å². The highest BCUT2D eigenvalue weighted by molar-refractivity contribution is 6.23. The topological polar surface area (TPSA) is 112 Å². The van der Waals surface area contributed by atoms with Crippen molar-refractivity contribution in [3.63, 3.8) is 0 Å². The molecule has 1 heterocycles. The van der Waals surface area contributed by atoms with Crippen molar-refractivity contribution in [3.05, 3.63) is 94.1 Å². The third-order valence-corrected chi connectivity index (χ3v) is 8.44. The van der Waals surface area contributed by atoms with Gasteiger partial charge in [-0.3, -0.25) is 24.1 Å². The molecule has 0 spiro atoms. The van der Waals surface area contributed by atoms with Gasteiger partial charge in [0, 0.05) is 29.2 Å². The Hall–Kier alpha value is -4.26. The van der Waals surface area contributed by atoms with Crippen molar-refractivity contribution in [1.82, 2.24) is 4.90 Å². The van der Waals surface area contributed by atoms with Crippen molar-refractivity contribution in [2.24, 2.45) is 17.8 Å². The van der Waals surface area contributed by atoms with Gasteiger partial charge in [-0.25, -0.2) is 0 Å². The molecule has 7 heteroatoms. The van der Waals surface area contributed by atoms with Gasteiger partial charge in [-0.1, -0.05) is 35.9 Å². The van der Waals surface area contributed by atoms with Crippen LogP contribution in [0.2, 0.25) is 0 Å². The van der Waals surface area contributed by atoms with Gasteiger partial charge in [0.05, 0.1) is 11.8 Å². The highest BCUT2D eigenvalue weighted by Crippen LogP contribution is 2.55. The molecule has 3 aliphatic carbocycles. The fourth-order valence-corrected chi connectivity index (χ4v) is 6.60. The molecule has 0 bridgehead atoms. The number of likely N-dealkylation sites (tertiary alicyclic amines) is 1. The number of imide groups is 1. The zero-order valence-corrected chi connectivity index (χ0v) is 20.9. The number of hydrogen-bond acceptors (Lipinski definition) is 6. The van der Waals surface area contributed by atoms with E-state index in [1.807, 2.05) is 6.08 Å². The number of carbonyl (C=O) groups is 4. The van der Waals surface area contributed by atoms with E-state index in [-0.39, 0.29) is 53.8 Å². The molecule has 0 saturated carbocycles. The Labute approximate surface area is 219 Å². The lowest BCUT2D eigenvalue weighted by Crippen LogP contribution is -2.40. The lowest BCUT2D eigenvalue weighted by atomic mass is 9.59. The van der Waals surface area contributed by atoms with Gasteiger partial charge in [-0.05, 0) is 73.6 Å². The molecule has 2 aromatic rings. The smallest absolute Gasteiger partial charge is 0.233 e. The Kier molecular flexibility index (Phi) is 5.67. The second kappa shape index (κ2) is 8.94. The fraction of sp³-hybridized carbons (Fsp3) is 0.290. The van der Waals surface area contributed by atoms with Crippen LogP contribution in [-0.4, -0.2) is 45.0 Å². The van der Waals surface area contributed by atoms with E-state index in [9.17, 15) is 29.4 Å². The third kappa shape index (κ3) is 3.72. The number of phenolic OH excluding ortho intramolecular Hbond substituents is 2. The number of fused-ring (bicyclic) bond motifs is 3. The summed E-state index contributed by atoms with van der Waals surface area (Å²) >= 11 is 0. The van der Waals surface area contributed by atoms with E-state index in [0.717, 1.165) is 16.7 Å². The Morgan fingerprint density at radius 1 is 0.868 bits per heavy atom. The molecule has 6 rings (SSSR count). The molecule has 192 valence electrons. The largest absolute Gasteiger partial charge is 0.508 e. The molecular formula is C31H27NO6. The van der Waals surface area contributed by atoms with E-state index in [0.29, 0.717) is 29.6 Å². The average molecular weight is 510 g/mol. The Morgan fingerprint density at radius 2 is 1.53 bits per heavy atom. The molecule has 2 aromatic carbocycles. The van der Waals surface area contributed by atoms with E-state index in [4.69, 9.17) is 0 Å². The van der Waals surface area contributed by atoms with Crippen LogP contribution in [0.15, 0.2) is 83.0 Å². The number of ketones is 2. The molecule has 7 nitrogen and oxygen atoms in total. The zero-order valence-electron chi connectivity index (χ0n) is 20.9. The summed E-state index contributed by atoms with van der Waals surface area (Å²) in [6, 6.07) is 13.3. The summed E-state index contributed by atoms with van der Waals surface area (Å²) in [5.74, 6) is -2.55. The molecule has 2 amide bonds. The second-order valence-corrected chi connectivity index (χ2v) is 10.6. The predicted molar refractivity (Wildman–Crippen MR) is 138 cm³/mol. The first-order valence-electron chi connectivity index (χ1n) is 12.9. The van der Waals surface area contributed by atoms with Crippen molar-refractivity contribution < 1.29 is 29.4 Å². The zero-order chi connectivity index (χ0) is 26.7. The summed E-state index contributed by atoms with van der Waals surface area (Å²) in [4.78, 5) is 55.0. The van der Waals surface area contributed by atoms with E-state index in [1.165, 1.54) is 11.0 Å². The van der Waals surface area contributed by atoms with Gasteiger partial charge in [0.15, 0.2) is 11.6 Å². The molecule has 0 aromatic heterocycles. The summed E-state index contributed by atoms with van der Waals surface area (Å²) < 4.78 is 0. The van der Waals surface area contributed by atoms with E-state index < -0.39 is 17.8 Å². The molecule has 38 heavy (non-hydrogen) atoms. The lowest BCUT2D eigenvalue weighted by molar-refractivity contribution is -0.140. The molecule has 1 saturated heterocycles. The van der Waals surface area contributed by atoms with Crippen LogP contribution in [0.4, 0.5) is 0 Å². The minimum atomic E-state index is -0.592. The summed E-state index contributed by atoms with van der Waals surface area (Å²) in [5.41, 5.74) is 3.82. The first kappa shape index (κ1) is 24.1. The number of Topliss-reactive ketones (excluding diaryl/α,β-unsaturated/α-hetero) is 1. The highest BCUT2D eigenvalue weighted by Gasteiger charge is 2.56. The number of hydrogen-bond donors (Lipinski definition) is 2. The van der Waals surface area contributed by atoms with E-state index >= 15 is 0 Å². The van der Waals surface area contributed by atoms with Crippen LogP contribution in [-0.2, 0) is 25.6 Å². The number of benzene rings is 2. The number of aromatic hydroxyl groups is 2. The molecule has 4 atom stereocenters. The summed E-state index contributed by atoms with van der Waals surface area (Å²) in [5, 5.41) is 19.4. The van der Waals surface area contributed by atoms with Crippen LogP contribution in [0.5, 0.6) is 11.5 Å². The quantitative estimate of drug-likeness (QED) is 0.369. The predicted octanol–water partition coefficient (Wildman–Crippen LogP) is 3.77. The minimum Gasteiger partial charge on any atom is -0.508 e. The van der Waals surface area contributed by atoms with Crippen molar-refractivity contribution >= 4 is 23.4 Å². The van der Waals surface area contributed by atoms with Crippen molar-refractivity contribution in [2.75, 3.05) is 6.54 Å². The minimum absolute atomic E-state index is 0.0935. The summed E-state index contributed by atoms with van der Waals surface area (Å²) in [6.45, 7) is 1.88. The lowest BCUT2D eigenvalue weighted by Gasteiger charge is -2.42. The van der Waals surface area contributed by atoms with Crippen molar-refractivity contribution in [1.29, 1.82) is 0 Å². The van der Waals surface area contributed by atoms with Gasteiger partial charge in [0.2, 0.25) is 11.8 Å². The standard InChI is InChI=1S/C31H27NO6/c1-16-14-25(35)24-15-23-21(26(28(24)29(16)36)18-4-8-20(34)9-5-18)10-11-22-27(23)31(38)32(30(22)37)13-12-17-2-6-19(33)7-3-17/h2-10,14,22-23,26-27,33-34H,11-13,15H2,1H3. The van der Waals surface area contributed by atoms with Crippen LogP contribution in [0, 0.1) is 17.8 Å². The van der Waals surface area contributed by atoms with Crippen molar-refractivity contribution in [2.45, 2.75) is 32.1 Å². The van der Waals surface area contributed by atoms with Crippen LogP contribution < -0.4 is 0 Å². The van der Waals surface area contributed by atoms with E-state index in [2.05, 4.69) is 0 Å². The van der Waals surface area contributed by atoms with Gasteiger partial charge in [-0.15, -0.1) is 0 Å². The summed E-state index contributed by atoms with van der Waals surface area (Å²) in [6.07, 6.45) is 4.48. The fourth-order valence-electron chi connectivity index (χ4n) is 6.60. The van der Waals surface area contributed by atoms with Gasteiger partial charge < -0.3 is 10.2 Å². The average Bonchev–Trinajstić information content (AvgIpc) is 3.15. The highest BCUT2D eigenvalue weighted by atomic mass is 16.3. The van der Waals surface area contributed by atoms with Crippen LogP contribution in [0.3, 0.4) is 0 Å². The number of carbonyl (C=O) groups excluding carboxylic acids is 4. The normalized spacial score (nSPS) is 26.6. The van der Waals surface area contributed by atoms with Gasteiger partial charge in [0.25, 0.3) is 0 Å². The molecule has 1 fully saturated rings. The van der Waals surface area contributed by atoms with Crippen LogP contribution >= 0.6 is 0 Å². The Bertz CT molecular complexity index is 1480. The monoisotopic (exact) mass is 509 g/mol. The van der Waals surface area contributed by atoms with Crippen LogP contribution in [0.1, 0.15) is 36.8 Å². The maximum Gasteiger partial charge on any atom is 0.233 e. The SMILES string of the molecule is CC1=CC(=O)C2=C(C1=O)C(c1ccc(O)cc1)C1=CCC3C(=O)N(CCc4ccc(O)cc4)C(=O)C3C1C2.